The van der Waals surface area contributed by atoms with Crippen molar-refractivity contribution in [1.29, 1.82) is 5.26 Å². The number of fused-ring (bicyclic) bond motifs is 5. The second kappa shape index (κ2) is 7.30. The summed E-state index contributed by atoms with van der Waals surface area (Å²) in [4.78, 5) is 12.5. The van der Waals surface area contributed by atoms with Crippen molar-refractivity contribution in [3.63, 3.8) is 0 Å². The molecule has 0 amide bonds. The lowest BCUT2D eigenvalue weighted by Gasteiger charge is -2.08. The first-order valence-electron chi connectivity index (χ1n) is 10.3. The van der Waals surface area contributed by atoms with Crippen molar-refractivity contribution in [2.45, 2.75) is 0 Å². The second-order valence-electron chi connectivity index (χ2n) is 7.71. The van der Waals surface area contributed by atoms with Crippen molar-refractivity contribution in [2.75, 3.05) is 0 Å². The van der Waals surface area contributed by atoms with E-state index in [1.165, 1.54) is 0 Å². The third kappa shape index (κ3) is 3.00. The summed E-state index contributed by atoms with van der Waals surface area (Å²) in [5.74, 6) is 0. The highest BCUT2D eigenvalue weighted by Gasteiger charge is 2.16. The minimum Gasteiger partial charge on any atom is -0.456 e. The lowest BCUT2D eigenvalue weighted by Crippen LogP contribution is -1.86. The van der Waals surface area contributed by atoms with E-state index in [-0.39, 0.29) is 0 Å². The van der Waals surface area contributed by atoms with Crippen LogP contribution in [-0.4, -0.2) is 9.97 Å². The smallest absolute Gasteiger partial charge is 0.190 e. The average molecular weight is 422 g/mol. The van der Waals surface area contributed by atoms with Gasteiger partial charge in [0.25, 0.3) is 0 Å². The number of hydrogen-bond donors (Lipinski definition) is 0. The normalized spacial score (nSPS) is 11.0. The van der Waals surface area contributed by atoms with Crippen molar-refractivity contribution < 1.29 is 4.42 Å². The van der Waals surface area contributed by atoms with Gasteiger partial charge in [0.15, 0.2) is 5.69 Å². The molecule has 0 bridgehead atoms. The fourth-order valence-electron chi connectivity index (χ4n) is 4.31. The Balaban J connectivity index is 1.63. The summed E-state index contributed by atoms with van der Waals surface area (Å²) in [6, 6.07) is 25.3. The van der Waals surface area contributed by atoms with E-state index < -0.39 is 0 Å². The van der Waals surface area contributed by atoms with Crippen LogP contribution in [0.5, 0.6) is 0 Å². The fraction of sp³-hybridized carbons (Fsp3) is 0. The molecule has 0 unspecified atom stereocenters. The van der Waals surface area contributed by atoms with Gasteiger partial charge >= 0.3 is 0 Å². The molecular weight excluding hydrogens is 408 g/mol. The lowest BCUT2D eigenvalue weighted by atomic mass is 9.96. The summed E-state index contributed by atoms with van der Waals surface area (Å²) in [6.07, 6.45) is 3.30. The Labute approximate surface area is 189 Å². The van der Waals surface area contributed by atoms with Gasteiger partial charge in [-0.3, -0.25) is 9.97 Å². The van der Waals surface area contributed by atoms with Gasteiger partial charge in [-0.25, -0.2) is 4.85 Å². The van der Waals surface area contributed by atoms with Crippen molar-refractivity contribution in [2.24, 2.45) is 0 Å². The molecule has 0 N–H and O–H groups in total. The first kappa shape index (κ1) is 18.7. The van der Waals surface area contributed by atoms with Gasteiger partial charge in [-0.05, 0) is 53.2 Å². The first-order chi connectivity index (χ1) is 16.2. The zero-order valence-electron chi connectivity index (χ0n) is 17.3. The Morgan fingerprint density at radius 1 is 0.788 bits per heavy atom. The van der Waals surface area contributed by atoms with Gasteiger partial charge in [0.2, 0.25) is 0 Å². The average Bonchev–Trinajstić information content (AvgIpc) is 3.26. The van der Waals surface area contributed by atoms with Gasteiger partial charge in [-0.2, -0.15) is 5.26 Å². The van der Waals surface area contributed by atoms with Gasteiger partial charge < -0.3 is 4.42 Å². The van der Waals surface area contributed by atoms with E-state index in [4.69, 9.17) is 11.0 Å². The molecule has 5 heteroatoms. The van der Waals surface area contributed by atoms with Gasteiger partial charge in [-0.15, -0.1) is 0 Å². The highest BCUT2D eigenvalue weighted by Crippen LogP contribution is 2.40. The van der Waals surface area contributed by atoms with E-state index in [1.54, 1.807) is 36.7 Å². The summed E-state index contributed by atoms with van der Waals surface area (Å²) in [6.45, 7) is 7.34. The zero-order valence-corrected chi connectivity index (χ0v) is 17.3. The van der Waals surface area contributed by atoms with Gasteiger partial charge in [0.1, 0.15) is 11.2 Å². The van der Waals surface area contributed by atoms with Crippen molar-refractivity contribution in [3.05, 3.63) is 102 Å². The second-order valence-corrected chi connectivity index (χ2v) is 7.71. The van der Waals surface area contributed by atoms with Gasteiger partial charge in [-0.1, -0.05) is 30.3 Å². The highest BCUT2D eigenvalue weighted by atomic mass is 16.3. The predicted octanol–water partition coefficient (Wildman–Crippen LogP) is 7.29. The maximum atomic E-state index is 9.21. The van der Waals surface area contributed by atoms with Crippen LogP contribution in [0.2, 0.25) is 0 Å². The number of pyridine rings is 2. The van der Waals surface area contributed by atoms with Crippen LogP contribution in [0.15, 0.2) is 89.6 Å². The molecule has 0 aliphatic carbocycles. The molecule has 33 heavy (non-hydrogen) atoms. The number of nitriles is 1. The molecule has 6 aromatic rings. The maximum Gasteiger partial charge on any atom is 0.190 e. The van der Waals surface area contributed by atoms with Gasteiger partial charge in [0.05, 0.1) is 29.6 Å². The van der Waals surface area contributed by atoms with Crippen LogP contribution in [0, 0.1) is 17.9 Å². The third-order valence-corrected chi connectivity index (χ3v) is 5.81. The van der Waals surface area contributed by atoms with Crippen LogP contribution in [-0.2, 0) is 0 Å². The van der Waals surface area contributed by atoms with E-state index in [0.29, 0.717) is 11.3 Å². The van der Waals surface area contributed by atoms with Crippen LogP contribution in [0.25, 0.3) is 60.1 Å². The number of benzene rings is 3. The highest BCUT2D eigenvalue weighted by molar-refractivity contribution is 6.22. The molecule has 0 saturated heterocycles. The van der Waals surface area contributed by atoms with Crippen molar-refractivity contribution >= 4 is 38.4 Å². The van der Waals surface area contributed by atoms with E-state index in [9.17, 15) is 5.26 Å². The van der Waals surface area contributed by atoms with Crippen LogP contribution in [0.4, 0.5) is 5.69 Å². The predicted molar refractivity (Wildman–Crippen MR) is 129 cm³/mol. The molecular formula is C28H14N4O. The molecule has 0 fully saturated rings. The summed E-state index contributed by atoms with van der Waals surface area (Å²) in [7, 11) is 0. The summed E-state index contributed by atoms with van der Waals surface area (Å²) >= 11 is 0. The molecule has 0 aliphatic rings. The molecule has 0 radical (unpaired) electrons. The topological polar surface area (TPSA) is 67.1 Å². The van der Waals surface area contributed by atoms with Crippen LogP contribution < -0.4 is 0 Å². The van der Waals surface area contributed by atoms with Crippen LogP contribution in [0.1, 0.15) is 5.56 Å². The summed E-state index contributed by atoms with van der Waals surface area (Å²) in [5.41, 5.74) is 5.88. The number of hydrogen-bond acceptors (Lipinski definition) is 4. The van der Waals surface area contributed by atoms with E-state index in [2.05, 4.69) is 33.0 Å². The number of nitrogens with zero attached hydrogens (tertiary/aromatic N) is 4. The largest absolute Gasteiger partial charge is 0.456 e. The van der Waals surface area contributed by atoms with E-state index in [1.807, 2.05) is 36.4 Å². The molecule has 0 aliphatic heterocycles. The molecule has 3 heterocycles. The molecule has 152 valence electrons. The summed E-state index contributed by atoms with van der Waals surface area (Å²) < 4.78 is 6.32. The minimum atomic E-state index is 0.547. The SMILES string of the molecule is [C-]#[N+]c1ccnc(-c2cc3oc4cc(-c5cc(C#N)ccn5)ccc4c3c3ccccc23)c1. The lowest BCUT2D eigenvalue weighted by molar-refractivity contribution is 0.669. The molecule has 6 rings (SSSR count). The van der Waals surface area contributed by atoms with Crippen LogP contribution >= 0.6 is 0 Å². The van der Waals surface area contributed by atoms with E-state index in [0.717, 1.165) is 55.2 Å². The fourth-order valence-corrected chi connectivity index (χ4v) is 4.31. The Bertz CT molecular complexity index is 1800. The number of rotatable bonds is 2. The molecule has 0 atom stereocenters. The number of furan rings is 1. The molecule has 0 spiro atoms. The van der Waals surface area contributed by atoms with Crippen molar-refractivity contribution in [1.82, 2.24) is 9.97 Å². The van der Waals surface area contributed by atoms with E-state index >= 15 is 0 Å². The molecule has 3 aromatic heterocycles. The Kier molecular flexibility index (Phi) is 4.15. The first-order valence-corrected chi connectivity index (χ1v) is 10.3. The Hall–Kier alpha value is -5.00. The monoisotopic (exact) mass is 422 g/mol. The molecule has 0 saturated carbocycles. The van der Waals surface area contributed by atoms with Crippen LogP contribution in [0.3, 0.4) is 0 Å². The van der Waals surface area contributed by atoms with Gasteiger partial charge in [0, 0.05) is 34.3 Å². The Morgan fingerprint density at radius 3 is 2.45 bits per heavy atom. The summed E-state index contributed by atoms with van der Waals surface area (Å²) in [5, 5.41) is 13.4. The number of aromatic nitrogens is 2. The quantitative estimate of drug-likeness (QED) is 0.275. The standard InChI is InChI=1S/C28H14N4O/c1-30-19-9-11-32-25(14-19)23-15-27-28(21-5-3-2-4-20(21)23)22-7-6-18(13-26(22)33-27)24-12-17(16-29)8-10-31-24/h2-15H. The van der Waals surface area contributed by atoms with Crippen molar-refractivity contribution in [3.8, 4) is 28.6 Å². The minimum absolute atomic E-state index is 0.547. The third-order valence-electron chi connectivity index (χ3n) is 5.81. The zero-order chi connectivity index (χ0) is 22.4. The molecule has 3 aromatic carbocycles. The molecule has 5 nitrogen and oxygen atoms in total. The maximum absolute atomic E-state index is 9.21. The Morgan fingerprint density at radius 2 is 1.61 bits per heavy atom.